The number of anilines is 1. The lowest BCUT2D eigenvalue weighted by atomic mass is 9.99. The Morgan fingerprint density at radius 1 is 0.920 bits per heavy atom. The summed E-state index contributed by atoms with van der Waals surface area (Å²) in [7, 11) is 0. The number of hydrogen-bond acceptors (Lipinski definition) is 6. The number of aromatic nitrogens is 2. The van der Waals surface area contributed by atoms with E-state index in [0.717, 1.165) is 86.1 Å². The second-order valence-electron chi connectivity index (χ2n) is 6.67. The number of para-hydroxylation sites is 1. The van der Waals surface area contributed by atoms with Crippen LogP contribution in [0.3, 0.4) is 0 Å². The summed E-state index contributed by atoms with van der Waals surface area (Å²) in [4.78, 5) is 12.1. The molecule has 2 saturated heterocycles. The fraction of sp³-hybridized carbons (Fsp3) is 0.474. The van der Waals surface area contributed by atoms with Crippen molar-refractivity contribution in [2.45, 2.75) is 18.8 Å². The first-order valence-electron chi connectivity index (χ1n) is 9.00. The molecular formula is C19H21N3O3. The normalized spacial score (nSPS) is 19.8. The largest absolute Gasteiger partial charge is 0.450 e. The smallest absolute Gasteiger partial charge is 0.196 e. The van der Waals surface area contributed by atoms with Gasteiger partial charge >= 0.3 is 0 Å². The molecule has 0 atom stereocenters. The summed E-state index contributed by atoms with van der Waals surface area (Å²) < 4.78 is 17.2. The molecule has 130 valence electrons. The maximum absolute atomic E-state index is 6.15. The first-order valence-corrected chi connectivity index (χ1v) is 9.00. The molecule has 25 heavy (non-hydrogen) atoms. The summed E-state index contributed by atoms with van der Waals surface area (Å²) in [6, 6.07) is 8.09. The second kappa shape index (κ2) is 6.28. The van der Waals surface area contributed by atoms with Crippen LogP contribution in [0.25, 0.3) is 22.1 Å². The van der Waals surface area contributed by atoms with Crippen LogP contribution in [-0.4, -0.2) is 49.5 Å². The molecule has 6 heteroatoms. The van der Waals surface area contributed by atoms with Gasteiger partial charge in [-0.05, 0) is 25.0 Å². The van der Waals surface area contributed by atoms with Crippen molar-refractivity contribution in [3.05, 3.63) is 30.1 Å². The summed E-state index contributed by atoms with van der Waals surface area (Å²) in [5, 5.41) is 1.06. The van der Waals surface area contributed by atoms with Gasteiger partial charge in [0, 0.05) is 37.6 Å². The van der Waals surface area contributed by atoms with Gasteiger partial charge in [0.15, 0.2) is 11.4 Å². The molecule has 0 radical (unpaired) electrons. The van der Waals surface area contributed by atoms with Crippen molar-refractivity contribution in [3.8, 4) is 0 Å². The topological polar surface area (TPSA) is 60.6 Å². The van der Waals surface area contributed by atoms with Crippen molar-refractivity contribution in [1.82, 2.24) is 9.97 Å². The number of benzene rings is 1. The van der Waals surface area contributed by atoms with E-state index in [9.17, 15) is 0 Å². The average molecular weight is 339 g/mol. The van der Waals surface area contributed by atoms with E-state index in [-0.39, 0.29) is 0 Å². The zero-order valence-electron chi connectivity index (χ0n) is 14.1. The lowest BCUT2D eigenvalue weighted by molar-refractivity contribution is 0.0836. The SMILES string of the molecule is c1ccc2c(c1)oc1c(N3CCOCC3)nc(C3CCOCC3)nc12. The van der Waals surface area contributed by atoms with Crippen molar-refractivity contribution in [2.75, 3.05) is 44.4 Å². The summed E-state index contributed by atoms with van der Waals surface area (Å²) in [6.45, 7) is 4.67. The quantitative estimate of drug-likeness (QED) is 0.715. The molecule has 2 aromatic heterocycles. The van der Waals surface area contributed by atoms with Gasteiger partial charge in [0.1, 0.15) is 16.9 Å². The van der Waals surface area contributed by atoms with Gasteiger partial charge in [0.25, 0.3) is 0 Å². The van der Waals surface area contributed by atoms with Crippen molar-refractivity contribution in [2.24, 2.45) is 0 Å². The molecule has 0 unspecified atom stereocenters. The van der Waals surface area contributed by atoms with E-state index in [2.05, 4.69) is 11.0 Å². The molecule has 0 spiro atoms. The van der Waals surface area contributed by atoms with Gasteiger partial charge < -0.3 is 18.8 Å². The molecule has 0 N–H and O–H groups in total. The van der Waals surface area contributed by atoms with E-state index in [1.165, 1.54) is 0 Å². The van der Waals surface area contributed by atoms with E-state index in [1.807, 2.05) is 18.2 Å². The van der Waals surface area contributed by atoms with E-state index >= 15 is 0 Å². The first kappa shape index (κ1) is 15.1. The Labute approximate surface area is 145 Å². The molecule has 0 saturated carbocycles. The van der Waals surface area contributed by atoms with Gasteiger partial charge in [-0.1, -0.05) is 12.1 Å². The molecule has 1 aromatic carbocycles. The van der Waals surface area contributed by atoms with Gasteiger partial charge in [0.05, 0.1) is 13.2 Å². The number of hydrogen-bond donors (Lipinski definition) is 0. The number of morpholine rings is 1. The van der Waals surface area contributed by atoms with E-state index in [1.54, 1.807) is 0 Å². The number of ether oxygens (including phenoxy) is 2. The van der Waals surface area contributed by atoms with Crippen LogP contribution in [0.15, 0.2) is 28.7 Å². The van der Waals surface area contributed by atoms with Gasteiger partial charge in [-0.25, -0.2) is 9.97 Å². The summed E-state index contributed by atoms with van der Waals surface area (Å²) in [5.74, 6) is 2.18. The molecule has 4 heterocycles. The van der Waals surface area contributed by atoms with Crippen molar-refractivity contribution >= 4 is 27.9 Å². The minimum atomic E-state index is 0.353. The molecule has 0 bridgehead atoms. The monoisotopic (exact) mass is 339 g/mol. The molecule has 0 amide bonds. The number of furan rings is 1. The Kier molecular flexibility index (Phi) is 3.79. The average Bonchev–Trinajstić information content (AvgIpc) is 3.07. The number of rotatable bonds is 2. The Balaban J connectivity index is 1.70. The maximum atomic E-state index is 6.15. The van der Waals surface area contributed by atoms with Gasteiger partial charge in [-0.3, -0.25) is 0 Å². The Bertz CT molecular complexity index is 895. The van der Waals surface area contributed by atoms with Crippen LogP contribution in [-0.2, 0) is 9.47 Å². The summed E-state index contributed by atoms with van der Waals surface area (Å²) in [6.07, 6.45) is 1.95. The minimum Gasteiger partial charge on any atom is -0.450 e. The van der Waals surface area contributed by atoms with Crippen molar-refractivity contribution in [3.63, 3.8) is 0 Å². The molecule has 2 fully saturated rings. The summed E-state index contributed by atoms with van der Waals surface area (Å²) >= 11 is 0. The molecular weight excluding hydrogens is 318 g/mol. The third-order valence-electron chi connectivity index (χ3n) is 5.12. The molecule has 0 aliphatic carbocycles. The van der Waals surface area contributed by atoms with Crippen LogP contribution >= 0.6 is 0 Å². The molecule has 3 aromatic rings. The van der Waals surface area contributed by atoms with Crippen molar-refractivity contribution in [1.29, 1.82) is 0 Å². The Morgan fingerprint density at radius 3 is 2.52 bits per heavy atom. The highest BCUT2D eigenvalue weighted by atomic mass is 16.5. The fourth-order valence-corrected chi connectivity index (χ4v) is 3.72. The van der Waals surface area contributed by atoms with Crippen LogP contribution in [0.2, 0.25) is 0 Å². The molecule has 6 nitrogen and oxygen atoms in total. The lowest BCUT2D eigenvalue weighted by Gasteiger charge is -2.29. The Morgan fingerprint density at radius 2 is 1.68 bits per heavy atom. The van der Waals surface area contributed by atoms with E-state index < -0.39 is 0 Å². The van der Waals surface area contributed by atoms with Gasteiger partial charge in [-0.15, -0.1) is 0 Å². The second-order valence-corrected chi connectivity index (χ2v) is 6.67. The highest BCUT2D eigenvalue weighted by Gasteiger charge is 2.25. The predicted molar refractivity (Wildman–Crippen MR) is 95.1 cm³/mol. The van der Waals surface area contributed by atoms with Gasteiger partial charge in [-0.2, -0.15) is 0 Å². The van der Waals surface area contributed by atoms with Crippen LogP contribution in [0.4, 0.5) is 5.82 Å². The maximum Gasteiger partial charge on any atom is 0.196 e. The van der Waals surface area contributed by atoms with E-state index in [0.29, 0.717) is 5.92 Å². The molecule has 2 aliphatic rings. The van der Waals surface area contributed by atoms with E-state index in [4.69, 9.17) is 23.9 Å². The van der Waals surface area contributed by atoms with Crippen LogP contribution in [0.5, 0.6) is 0 Å². The fourth-order valence-electron chi connectivity index (χ4n) is 3.72. The van der Waals surface area contributed by atoms with Crippen molar-refractivity contribution < 1.29 is 13.9 Å². The molecule has 2 aliphatic heterocycles. The van der Waals surface area contributed by atoms with Crippen LogP contribution < -0.4 is 4.90 Å². The minimum absolute atomic E-state index is 0.353. The number of nitrogens with zero attached hydrogens (tertiary/aromatic N) is 3. The zero-order valence-corrected chi connectivity index (χ0v) is 14.1. The first-order chi connectivity index (χ1) is 12.4. The highest BCUT2D eigenvalue weighted by Crippen LogP contribution is 2.35. The number of fused-ring (bicyclic) bond motifs is 3. The zero-order chi connectivity index (χ0) is 16.6. The third kappa shape index (κ3) is 2.65. The predicted octanol–water partition coefficient (Wildman–Crippen LogP) is 3.11. The van der Waals surface area contributed by atoms with Crippen LogP contribution in [0.1, 0.15) is 24.6 Å². The highest BCUT2D eigenvalue weighted by molar-refractivity contribution is 6.05. The van der Waals surface area contributed by atoms with Crippen LogP contribution in [0, 0.1) is 0 Å². The lowest BCUT2D eigenvalue weighted by Crippen LogP contribution is -2.37. The molecule has 5 rings (SSSR count). The van der Waals surface area contributed by atoms with Gasteiger partial charge in [0.2, 0.25) is 0 Å². The third-order valence-corrected chi connectivity index (χ3v) is 5.12. The summed E-state index contributed by atoms with van der Waals surface area (Å²) in [5.41, 5.74) is 2.58. The standard InChI is InChI=1S/C19H21N3O3/c1-2-4-15-14(3-1)16-17(25-15)19(22-7-11-24-12-8-22)21-18(20-16)13-5-9-23-10-6-13/h1-4,13H,5-12H2. The Hall–Kier alpha value is -2.18.